The van der Waals surface area contributed by atoms with Crippen molar-refractivity contribution in [3.8, 4) is 0 Å². The zero-order chi connectivity index (χ0) is 13.8. The van der Waals surface area contributed by atoms with Crippen molar-refractivity contribution >= 4 is 29.2 Å². The third-order valence-corrected chi connectivity index (χ3v) is 2.77. The van der Waals surface area contributed by atoms with E-state index in [-0.39, 0.29) is 11.1 Å². The van der Waals surface area contributed by atoms with E-state index in [1.54, 1.807) is 7.05 Å². The lowest BCUT2D eigenvalue weighted by molar-refractivity contribution is 0.121. The second-order valence-electron chi connectivity index (χ2n) is 3.87. The average Bonchev–Trinajstić information content (AvgIpc) is 2.82. The first-order chi connectivity index (χ1) is 9.11. The largest absolute Gasteiger partial charge is 0.378 e. The molecule has 0 saturated carbocycles. The molecule has 2 heterocycles. The molecule has 0 bridgehead atoms. The normalized spacial score (nSPS) is 15.2. The number of ether oxygens (including phenoxy) is 1. The molecule has 11 heteroatoms. The molecule has 1 saturated heterocycles. The van der Waals surface area contributed by atoms with Gasteiger partial charge in [0.15, 0.2) is 0 Å². The second-order valence-corrected chi connectivity index (χ2v) is 4.28. The Kier molecular flexibility index (Phi) is 4.19. The monoisotopic (exact) mass is 287 g/mol. The van der Waals surface area contributed by atoms with E-state index >= 15 is 0 Å². The Labute approximate surface area is 115 Å². The molecule has 1 aromatic rings. The summed E-state index contributed by atoms with van der Waals surface area (Å²) in [5.74, 6) is 6.01. The van der Waals surface area contributed by atoms with Crippen LogP contribution < -0.4 is 32.4 Å². The summed E-state index contributed by atoms with van der Waals surface area (Å²) in [5.41, 5.74) is 10.8. The number of rotatable bonds is 3. The lowest BCUT2D eigenvalue weighted by Crippen LogP contribution is -2.53. The Morgan fingerprint density at radius 2 is 2.16 bits per heavy atom. The van der Waals surface area contributed by atoms with Gasteiger partial charge < -0.3 is 15.4 Å². The molecule has 19 heavy (non-hydrogen) atoms. The summed E-state index contributed by atoms with van der Waals surface area (Å²) in [4.78, 5) is 7.76. The molecule has 2 rings (SSSR count). The van der Waals surface area contributed by atoms with E-state index in [1.165, 1.54) is 9.91 Å². The molecule has 0 spiro atoms. The maximum atomic E-state index is 5.66. The Hall–Kier alpha value is -1.85. The van der Waals surface area contributed by atoms with E-state index in [9.17, 15) is 0 Å². The van der Waals surface area contributed by atoms with Gasteiger partial charge in [0.2, 0.25) is 17.0 Å². The molecule has 10 nitrogen and oxygen atoms in total. The number of aromatic nitrogens is 3. The van der Waals surface area contributed by atoms with Crippen molar-refractivity contribution < 1.29 is 4.74 Å². The van der Waals surface area contributed by atoms with Crippen LogP contribution in [0.2, 0.25) is 0 Å². The predicted molar refractivity (Wildman–Crippen MR) is 74.7 cm³/mol. The number of nitrogen functional groups attached to an aromatic ring is 1. The van der Waals surface area contributed by atoms with Crippen molar-refractivity contribution in [1.82, 2.24) is 25.7 Å². The number of hydrogen-bond donors (Lipinski definition) is 4. The van der Waals surface area contributed by atoms with Crippen LogP contribution in [0.4, 0.5) is 11.9 Å². The molecule has 0 atom stereocenters. The SMILES string of the molecule is CN(NC(=S)NN)n1nc(N)nc1N1CCOCC1. The maximum absolute atomic E-state index is 5.66. The molecule has 0 aliphatic carbocycles. The topological polar surface area (TPSA) is 123 Å². The van der Waals surface area contributed by atoms with Crippen LogP contribution in [0.5, 0.6) is 0 Å². The lowest BCUT2D eigenvalue weighted by atomic mass is 10.4. The van der Waals surface area contributed by atoms with Crippen LogP contribution in [0.25, 0.3) is 0 Å². The van der Waals surface area contributed by atoms with Gasteiger partial charge in [0.1, 0.15) is 0 Å². The standard InChI is InChI=1S/C8H17N9OS/c1-15(14-7(19)12-10)17-8(11-6(9)13-17)16-2-4-18-5-3-16/h2-5,10H2,1H3,(H2,9,13)(H2,12,14,19). The van der Waals surface area contributed by atoms with Crippen molar-refractivity contribution in [3.05, 3.63) is 0 Å². The number of nitrogens with zero attached hydrogens (tertiary/aromatic N) is 5. The summed E-state index contributed by atoms with van der Waals surface area (Å²) in [6.07, 6.45) is 0. The van der Waals surface area contributed by atoms with E-state index < -0.39 is 0 Å². The molecule has 1 aliphatic rings. The molecule has 0 aromatic carbocycles. The van der Waals surface area contributed by atoms with Crippen LogP contribution in [0.15, 0.2) is 0 Å². The molecule has 1 aromatic heterocycles. The van der Waals surface area contributed by atoms with Crippen molar-refractivity contribution in [2.75, 3.05) is 49.1 Å². The van der Waals surface area contributed by atoms with Crippen LogP contribution >= 0.6 is 12.2 Å². The fourth-order valence-corrected chi connectivity index (χ4v) is 1.83. The highest BCUT2D eigenvalue weighted by molar-refractivity contribution is 7.80. The van der Waals surface area contributed by atoms with Gasteiger partial charge in [-0.15, -0.1) is 9.89 Å². The molecule has 6 N–H and O–H groups in total. The number of thiocarbonyl (C=S) groups is 1. The molecule has 0 amide bonds. The Morgan fingerprint density at radius 1 is 1.47 bits per heavy atom. The third-order valence-electron chi connectivity index (χ3n) is 2.56. The predicted octanol–water partition coefficient (Wildman–Crippen LogP) is -2.48. The molecule has 1 aliphatic heterocycles. The highest BCUT2D eigenvalue weighted by Gasteiger charge is 2.20. The highest BCUT2D eigenvalue weighted by atomic mass is 32.1. The van der Waals surface area contributed by atoms with E-state index in [1.807, 2.05) is 4.90 Å². The molecular formula is C8H17N9OS. The second kappa shape index (κ2) is 5.86. The first kappa shape index (κ1) is 13.6. The fourth-order valence-electron chi connectivity index (χ4n) is 1.70. The van der Waals surface area contributed by atoms with E-state index in [4.69, 9.17) is 28.5 Å². The number of nitrogens with two attached hydrogens (primary N) is 2. The Morgan fingerprint density at radius 3 is 2.79 bits per heavy atom. The molecule has 0 unspecified atom stereocenters. The zero-order valence-electron chi connectivity index (χ0n) is 10.5. The minimum atomic E-state index is 0.182. The number of anilines is 2. The van der Waals surface area contributed by atoms with Crippen LogP contribution in [0.3, 0.4) is 0 Å². The summed E-state index contributed by atoms with van der Waals surface area (Å²) < 4.78 is 5.30. The van der Waals surface area contributed by atoms with Crippen LogP contribution in [-0.2, 0) is 4.74 Å². The number of hydrogen-bond acceptors (Lipinski definition) is 8. The van der Waals surface area contributed by atoms with Crippen molar-refractivity contribution in [2.45, 2.75) is 0 Å². The van der Waals surface area contributed by atoms with Gasteiger partial charge in [0.25, 0.3) is 0 Å². The van der Waals surface area contributed by atoms with Crippen LogP contribution in [0.1, 0.15) is 0 Å². The van der Waals surface area contributed by atoms with Gasteiger partial charge >= 0.3 is 0 Å². The van der Waals surface area contributed by atoms with E-state index in [2.05, 4.69) is 20.9 Å². The minimum Gasteiger partial charge on any atom is -0.378 e. The van der Waals surface area contributed by atoms with Gasteiger partial charge in [-0.3, -0.25) is 10.9 Å². The smallest absolute Gasteiger partial charge is 0.248 e. The van der Waals surface area contributed by atoms with Gasteiger partial charge in [-0.25, -0.2) is 11.0 Å². The minimum absolute atomic E-state index is 0.182. The van der Waals surface area contributed by atoms with Crippen LogP contribution in [-0.4, -0.2) is 53.3 Å². The number of hydrazine groups is 2. The molecular weight excluding hydrogens is 270 g/mol. The average molecular weight is 287 g/mol. The first-order valence-corrected chi connectivity index (χ1v) is 6.09. The molecule has 1 fully saturated rings. The maximum Gasteiger partial charge on any atom is 0.248 e. The summed E-state index contributed by atoms with van der Waals surface area (Å²) in [7, 11) is 1.72. The van der Waals surface area contributed by atoms with Crippen molar-refractivity contribution in [1.29, 1.82) is 0 Å². The fraction of sp³-hybridized carbons (Fsp3) is 0.625. The summed E-state index contributed by atoms with van der Waals surface area (Å²) in [6.45, 7) is 2.75. The van der Waals surface area contributed by atoms with Gasteiger partial charge in [0.05, 0.1) is 13.2 Å². The Bertz CT molecular complexity index is 443. The zero-order valence-corrected chi connectivity index (χ0v) is 11.4. The summed E-state index contributed by atoms with van der Waals surface area (Å²) >= 11 is 4.92. The van der Waals surface area contributed by atoms with Gasteiger partial charge in [-0.1, -0.05) is 0 Å². The van der Waals surface area contributed by atoms with Gasteiger partial charge in [-0.05, 0) is 12.2 Å². The quantitative estimate of drug-likeness (QED) is 0.270. The number of nitrogens with one attached hydrogen (secondary N) is 2. The first-order valence-electron chi connectivity index (χ1n) is 5.68. The third kappa shape index (κ3) is 3.13. The van der Waals surface area contributed by atoms with E-state index in [0.29, 0.717) is 19.2 Å². The van der Waals surface area contributed by atoms with Crippen LogP contribution in [0, 0.1) is 0 Å². The van der Waals surface area contributed by atoms with Gasteiger partial charge in [0, 0.05) is 20.1 Å². The Balaban J connectivity index is 2.17. The lowest BCUT2D eigenvalue weighted by Gasteiger charge is -2.30. The molecule has 106 valence electrons. The number of morpholine rings is 1. The van der Waals surface area contributed by atoms with E-state index in [0.717, 1.165) is 13.1 Å². The van der Waals surface area contributed by atoms with Gasteiger partial charge in [-0.2, -0.15) is 4.98 Å². The van der Waals surface area contributed by atoms with Crippen molar-refractivity contribution in [3.63, 3.8) is 0 Å². The molecule has 0 radical (unpaired) electrons. The summed E-state index contributed by atoms with van der Waals surface area (Å²) in [5, 5.41) is 5.90. The highest BCUT2D eigenvalue weighted by Crippen LogP contribution is 2.13. The van der Waals surface area contributed by atoms with Crippen molar-refractivity contribution in [2.24, 2.45) is 5.84 Å². The summed E-state index contributed by atoms with van der Waals surface area (Å²) in [6, 6.07) is 0.